The van der Waals surface area contributed by atoms with Crippen molar-refractivity contribution in [2.24, 2.45) is 17.8 Å². The predicted octanol–water partition coefficient (Wildman–Crippen LogP) is 6.99. The molecule has 0 radical (unpaired) electrons. The van der Waals surface area contributed by atoms with Gasteiger partial charge in [0, 0.05) is 25.2 Å². The predicted molar refractivity (Wildman–Crippen MR) is 122 cm³/mol. The molecule has 2 aromatic carbocycles. The van der Waals surface area contributed by atoms with Crippen molar-refractivity contribution < 1.29 is 0 Å². The van der Waals surface area contributed by atoms with Crippen molar-refractivity contribution in [1.29, 1.82) is 5.26 Å². The highest BCUT2D eigenvalue weighted by Gasteiger charge is 2.26. The minimum atomic E-state index is 0.679. The van der Waals surface area contributed by atoms with E-state index in [9.17, 15) is 0 Å². The molecule has 0 spiro atoms. The van der Waals surface area contributed by atoms with E-state index in [-0.39, 0.29) is 0 Å². The SMILES string of the molecule is Cc1c(-c2ccccc2)cccc1N1CCC(CC2CCC(CC#N)CC2)CC1. The van der Waals surface area contributed by atoms with E-state index in [1.54, 1.807) is 0 Å². The summed E-state index contributed by atoms with van der Waals surface area (Å²) in [6.07, 6.45) is 10.1. The van der Waals surface area contributed by atoms with Crippen LogP contribution in [0.25, 0.3) is 11.1 Å². The van der Waals surface area contributed by atoms with E-state index in [0.717, 1.165) is 18.3 Å². The maximum atomic E-state index is 8.91. The Balaban J connectivity index is 1.33. The first-order chi connectivity index (χ1) is 14.2. The third kappa shape index (κ3) is 4.84. The summed E-state index contributed by atoms with van der Waals surface area (Å²) in [4.78, 5) is 2.61. The Labute approximate surface area is 176 Å². The summed E-state index contributed by atoms with van der Waals surface area (Å²) in [7, 11) is 0. The second-order valence-electron chi connectivity index (χ2n) is 9.23. The third-order valence-corrected chi connectivity index (χ3v) is 7.36. The van der Waals surface area contributed by atoms with Crippen LogP contribution >= 0.6 is 0 Å². The minimum absolute atomic E-state index is 0.679. The largest absolute Gasteiger partial charge is 0.371 e. The lowest BCUT2D eigenvalue weighted by Gasteiger charge is -2.37. The molecule has 1 heterocycles. The van der Waals surface area contributed by atoms with Crippen molar-refractivity contribution in [3.8, 4) is 17.2 Å². The Hall–Kier alpha value is -2.27. The third-order valence-electron chi connectivity index (χ3n) is 7.36. The van der Waals surface area contributed by atoms with Crippen LogP contribution in [0.5, 0.6) is 0 Å². The van der Waals surface area contributed by atoms with Crippen LogP contribution in [-0.4, -0.2) is 13.1 Å². The van der Waals surface area contributed by atoms with Crippen molar-refractivity contribution in [3.05, 3.63) is 54.1 Å². The molecule has 0 unspecified atom stereocenters. The Bertz CT molecular complexity index is 819. The van der Waals surface area contributed by atoms with Crippen LogP contribution in [0.2, 0.25) is 0 Å². The molecule has 152 valence electrons. The van der Waals surface area contributed by atoms with E-state index >= 15 is 0 Å². The van der Waals surface area contributed by atoms with Crippen molar-refractivity contribution in [2.45, 2.75) is 58.3 Å². The number of piperidine rings is 1. The highest BCUT2D eigenvalue weighted by Crippen LogP contribution is 2.38. The quantitative estimate of drug-likeness (QED) is 0.554. The lowest BCUT2D eigenvalue weighted by atomic mass is 9.75. The monoisotopic (exact) mass is 386 g/mol. The molecule has 2 fully saturated rings. The molecule has 0 amide bonds. The van der Waals surface area contributed by atoms with Gasteiger partial charge in [0.25, 0.3) is 0 Å². The van der Waals surface area contributed by atoms with Crippen LogP contribution in [-0.2, 0) is 0 Å². The number of nitriles is 1. The molecule has 2 nitrogen and oxygen atoms in total. The summed E-state index contributed by atoms with van der Waals surface area (Å²) >= 11 is 0. The van der Waals surface area contributed by atoms with E-state index in [1.807, 2.05) is 0 Å². The lowest BCUT2D eigenvalue weighted by molar-refractivity contribution is 0.222. The van der Waals surface area contributed by atoms with Crippen molar-refractivity contribution in [3.63, 3.8) is 0 Å². The zero-order valence-electron chi connectivity index (χ0n) is 17.8. The summed E-state index contributed by atoms with van der Waals surface area (Å²) in [6, 6.07) is 19.9. The molecule has 0 bridgehead atoms. The van der Waals surface area contributed by atoms with Crippen molar-refractivity contribution >= 4 is 5.69 Å². The van der Waals surface area contributed by atoms with E-state index in [1.165, 1.54) is 80.4 Å². The Morgan fingerprint density at radius 1 is 0.828 bits per heavy atom. The van der Waals surface area contributed by atoms with E-state index < -0.39 is 0 Å². The number of anilines is 1. The first-order valence-electron chi connectivity index (χ1n) is 11.5. The minimum Gasteiger partial charge on any atom is -0.371 e. The second kappa shape index (κ2) is 9.49. The van der Waals surface area contributed by atoms with Crippen LogP contribution in [0.3, 0.4) is 0 Å². The second-order valence-corrected chi connectivity index (χ2v) is 9.23. The molecule has 4 rings (SSSR count). The lowest BCUT2D eigenvalue weighted by Crippen LogP contribution is -2.35. The average molecular weight is 387 g/mol. The molecular weight excluding hydrogens is 352 g/mol. The first-order valence-corrected chi connectivity index (χ1v) is 11.5. The number of hydrogen-bond acceptors (Lipinski definition) is 2. The van der Waals surface area contributed by atoms with Gasteiger partial charge in [-0.3, -0.25) is 0 Å². The topological polar surface area (TPSA) is 27.0 Å². The standard InChI is InChI=1S/C27H34N2/c1-21-26(25-6-3-2-4-7-25)8-5-9-27(21)29-18-15-24(16-19-29)20-23-12-10-22(11-13-23)14-17-28/h2-9,22-24H,10-16,18-20H2,1H3. The van der Waals surface area contributed by atoms with Crippen LogP contribution in [0.4, 0.5) is 5.69 Å². The van der Waals surface area contributed by atoms with Gasteiger partial charge in [0.15, 0.2) is 0 Å². The smallest absolute Gasteiger partial charge is 0.0624 e. The molecule has 0 atom stereocenters. The molecule has 1 aliphatic carbocycles. The van der Waals surface area contributed by atoms with Crippen molar-refractivity contribution in [1.82, 2.24) is 0 Å². The zero-order chi connectivity index (χ0) is 20.1. The maximum absolute atomic E-state index is 8.91. The van der Waals surface area contributed by atoms with Crippen molar-refractivity contribution in [2.75, 3.05) is 18.0 Å². The maximum Gasteiger partial charge on any atom is 0.0624 e. The molecule has 1 saturated heterocycles. The van der Waals surface area contributed by atoms with Gasteiger partial charge in [-0.05, 0) is 79.5 Å². The molecule has 0 aromatic heterocycles. The Morgan fingerprint density at radius 3 is 2.17 bits per heavy atom. The fraction of sp³-hybridized carbons (Fsp3) is 0.519. The molecule has 2 aromatic rings. The van der Waals surface area contributed by atoms with Gasteiger partial charge in [-0.2, -0.15) is 5.26 Å². The van der Waals surface area contributed by atoms with Crippen LogP contribution in [0, 0.1) is 36.0 Å². The Kier molecular flexibility index (Phi) is 6.55. The molecule has 2 heteroatoms. The number of hydrogen-bond donors (Lipinski definition) is 0. The summed E-state index contributed by atoms with van der Waals surface area (Å²) in [5, 5.41) is 8.91. The first kappa shape index (κ1) is 20.0. The van der Waals surface area contributed by atoms with E-state index in [2.05, 4.69) is 66.4 Å². The molecule has 2 aliphatic rings. The Morgan fingerprint density at radius 2 is 1.48 bits per heavy atom. The zero-order valence-corrected chi connectivity index (χ0v) is 17.8. The van der Waals surface area contributed by atoms with Gasteiger partial charge in [0.2, 0.25) is 0 Å². The summed E-state index contributed by atoms with van der Waals surface area (Å²) < 4.78 is 0. The molecule has 29 heavy (non-hydrogen) atoms. The highest BCUT2D eigenvalue weighted by atomic mass is 15.1. The summed E-state index contributed by atoms with van der Waals surface area (Å²) in [5.74, 6) is 2.48. The van der Waals surface area contributed by atoms with E-state index in [0.29, 0.717) is 5.92 Å². The van der Waals surface area contributed by atoms with Crippen LogP contribution in [0.1, 0.15) is 56.9 Å². The van der Waals surface area contributed by atoms with E-state index in [4.69, 9.17) is 5.26 Å². The molecule has 0 N–H and O–H groups in total. The van der Waals surface area contributed by atoms with Crippen LogP contribution < -0.4 is 4.90 Å². The van der Waals surface area contributed by atoms with Gasteiger partial charge in [-0.25, -0.2) is 0 Å². The number of nitrogens with zero attached hydrogens (tertiary/aromatic N) is 2. The van der Waals surface area contributed by atoms with Gasteiger partial charge < -0.3 is 4.90 Å². The number of benzene rings is 2. The van der Waals surface area contributed by atoms with Gasteiger partial charge >= 0.3 is 0 Å². The summed E-state index contributed by atoms with van der Waals surface area (Å²) in [6.45, 7) is 4.66. The van der Waals surface area contributed by atoms with Gasteiger partial charge in [-0.15, -0.1) is 0 Å². The molecule has 1 aliphatic heterocycles. The average Bonchev–Trinajstić information content (AvgIpc) is 2.77. The fourth-order valence-corrected chi connectivity index (χ4v) is 5.58. The van der Waals surface area contributed by atoms with Crippen LogP contribution in [0.15, 0.2) is 48.5 Å². The number of rotatable bonds is 5. The van der Waals surface area contributed by atoms with Gasteiger partial charge in [-0.1, -0.05) is 55.3 Å². The van der Waals surface area contributed by atoms with Gasteiger partial charge in [0.05, 0.1) is 6.07 Å². The normalized spacial score (nSPS) is 23.0. The highest BCUT2D eigenvalue weighted by molar-refractivity contribution is 5.74. The molecular formula is C27H34N2. The fourth-order valence-electron chi connectivity index (χ4n) is 5.58. The molecule has 1 saturated carbocycles. The summed E-state index contributed by atoms with van der Waals surface area (Å²) in [5.41, 5.74) is 5.50. The van der Waals surface area contributed by atoms with Gasteiger partial charge in [0.1, 0.15) is 0 Å².